The molecule has 0 aliphatic rings. The normalized spacial score (nSPS) is 12.7. The third kappa shape index (κ3) is 6.79. The van der Waals surface area contributed by atoms with Gasteiger partial charge in [0.15, 0.2) is 0 Å². The van der Waals surface area contributed by atoms with Crippen molar-refractivity contribution in [3.8, 4) is 5.75 Å². The van der Waals surface area contributed by atoms with Crippen molar-refractivity contribution >= 4 is 11.6 Å². The van der Waals surface area contributed by atoms with Gasteiger partial charge in [0.1, 0.15) is 11.6 Å². The molecule has 0 aromatic heterocycles. The molecule has 1 N–H and O–H groups in total. The van der Waals surface area contributed by atoms with Crippen molar-refractivity contribution in [2.75, 3.05) is 13.1 Å². The Morgan fingerprint density at radius 3 is 2.68 bits per heavy atom. The van der Waals surface area contributed by atoms with Crippen molar-refractivity contribution in [2.24, 2.45) is 5.92 Å². The third-order valence-electron chi connectivity index (χ3n) is 2.75. The summed E-state index contributed by atoms with van der Waals surface area (Å²) in [7, 11) is 0. The summed E-state index contributed by atoms with van der Waals surface area (Å²) in [5.74, 6) is 0.878. The first kappa shape index (κ1) is 16.3. The lowest BCUT2D eigenvalue weighted by Gasteiger charge is -2.15. The van der Waals surface area contributed by atoms with Gasteiger partial charge in [0.2, 0.25) is 0 Å². The topological polar surface area (TPSA) is 21.3 Å². The maximum Gasteiger partial charge on any atom is 0.142 e. The molecule has 0 heterocycles. The molecule has 0 aliphatic heterocycles. The zero-order valence-electron chi connectivity index (χ0n) is 11.9. The average Bonchev–Trinajstić information content (AvgIpc) is 2.33. The van der Waals surface area contributed by atoms with E-state index in [1.165, 1.54) is 12.1 Å². The lowest BCUT2D eigenvalue weighted by Crippen LogP contribution is -2.22. The molecule has 4 heteroatoms. The molecule has 1 unspecified atom stereocenters. The van der Waals surface area contributed by atoms with Crippen molar-refractivity contribution in [3.63, 3.8) is 0 Å². The summed E-state index contributed by atoms with van der Waals surface area (Å²) in [4.78, 5) is 0. The van der Waals surface area contributed by atoms with Gasteiger partial charge < -0.3 is 10.1 Å². The SMILES string of the molecule is CC(C)CNCCCC(C)Oc1ccc(F)c(Cl)c1. The van der Waals surface area contributed by atoms with E-state index >= 15 is 0 Å². The largest absolute Gasteiger partial charge is 0.491 e. The number of hydrogen-bond acceptors (Lipinski definition) is 2. The van der Waals surface area contributed by atoms with Crippen LogP contribution in [0.2, 0.25) is 5.02 Å². The van der Waals surface area contributed by atoms with Gasteiger partial charge in [-0.3, -0.25) is 0 Å². The Balaban J connectivity index is 2.23. The highest BCUT2D eigenvalue weighted by Crippen LogP contribution is 2.22. The molecule has 1 rings (SSSR count). The number of halogens is 2. The van der Waals surface area contributed by atoms with E-state index < -0.39 is 5.82 Å². The monoisotopic (exact) mass is 287 g/mol. The van der Waals surface area contributed by atoms with Crippen molar-refractivity contribution in [1.29, 1.82) is 0 Å². The number of benzene rings is 1. The summed E-state index contributed by atoms with van der Waals surface area (Å²) < 4.78 is 18.7. The lowest BCUT2D eigenvalue weighted by atomic mass is 10.2. The molecular formula is C15H23ClFNO. The predicted octanol–water partition coefficient (Wildman–Crippen LogP) is 4.27. The number of nitrogens with one attached hydrogen (secondary N) is 1. The highest BCUT2D eigenvalue weighted by Gasteiger charge is 2.06. The molecular weight excluding hydrogens is 265 g/mol. The van der Waals surface area contributed by atoms with Crippen molar-refractivity contribution in [2.45, 2.75) is 39.7 Å². The van der Waals surface area contributed by atoms with E-state index in [0.29, 0.717) is 11.7 Å². The fourth-order valence-electron chi connectivity index (χ4n) is 1.75. The van der Waals surface area contributed by atoms with Crippen LogP contribution in [0.3, 0.4) is 0 Å². The second-order valence-corrected chi connectivity index (χ2v) is 5.65. The van der Waals surface area contributed by atoms with E-state index in [4.69, 9.17) is 16.3 Å². The first-order chi connectivity index (χ1) is 8.99. The summed E-state index contributed by atoms with van der Waals surface area (Å²) >= 11 is 5.71. The van der Waals surface area contributed by atoms with Crippen LogP contribution >= 0.6 is 11.6 Å². The molecule has 1 aromatic carbocycles. The molecule has 0 saturated heterocycles. The van der Waals surface area contributed by atoms with Gasteiger partial charge in [0.25, 0.3) is 0 Å². The third-order valence-corrected chi connectivity index (χ3v) is 3.03. The van der Waals surface area contributed by atoms with Gasteiger partial charge >= 0.3 is 0 Å². The Hall–Kier alpha value is -0.800. The van der Waals surface area contributed by atoms with Crippen LogP contribution in [-0.2, 0) is 0 Å². The van der Waals surface area contributed by atoms with E-state index in [1.807, 2.05) is 6.92 Å². The molecule has 1 aromatic rings. The summed E-state index contributed by atoms with van der Waals surface area (Å²) in [5, 5.41) is 3.49. The fourth-order valence-corrected chi connectivity index (χ4v) is 1.92. The van der Waals surface area contributed by atoms with Gasteiger partial charge in [-0.1, -0.05) is 25.4 Å². The van der Waals surface area contributed by atoms with Gasteiger partial charge in [-0.05, 0) is 50.9 Å². The zero-order chi connectivity index (χ0) is 14.3. The Morgan fingerprint density at radius 1 is 1.32 bits per heavy atom. The van der Waals surface area contributed by atoms with Crippen LogP contribution in [0, 0.1) is 11.7 Å². The number of rotatable bonds is 8. The van der Waals surface area contributed by atoms with E-state index in [1.54, 1.807) is 6.07 Å². The summed E-state index contributed by atoms with van der Waals surface area (Å²) in [5.41, 5.74) is 0. The summed E-state index contributed by atoms with van der Waals surface area (Å²) in [6.07, 6.45) is 2.12. The van der Waals surface area contributed by atoms with Crippen LogP contribution in [-0.4, -0.2) is 19.2 Å². The standard InChI is InChI=1S/C15H23ClFNO/c1-11(2)10-18-8-4-5-12(3)19-13-6-7-15(17)14(16)9-13/h6-7,9,11-12,18H,4-5,8,10H2,1-3H3. The molecule has 0 saturated carbocycles. The maximum atomic E-state index is 13.0. The average molecular weight is 288 g/mol. The summed E-state index contributed by atoms with van der Waals surface area (Å²) in [6, 6.07) is 4.45. The van der Waals surface area contributed by atoms with Crippen LogP contribution in [0.25, 0.3) is 0 Å². The summed E-state index contributed by atoms with van der Waals surface area (Å²) in [6.45, 7) is 8.44. The lowest BCUT2D eigenvalue weighted by molar-refractivity contribution is 0.207. The predicted molar refractivity (Wildman–Crippen MR) is 78.4 cm³/mol. The van der Waals surface area contributed by atoms with Crippen molar-refractivity contribution < 1.29 is 9.13 Å². The smallest absolute Gasteiger partial charge is 0.142 e. The molecule has 0 aliphatic carbocycles. The Labute approximate surface area is 120 Å². The second kappa shape index (κ2) is 8.39. The second-order valence-electron chi connectivity index (χ2n) is 5.24. The number of ether oxygens (including phenoxy) is 1. The van der Waals surface area contributed by atoms with Gasteiger partial charge in [0, 0.05) is 6.07 Å². The fraction of sp³-hybridized carbons (Fsp3) is 0.600. The zero-order valence-corrected chi connectivity index (χ0v) is 12.6. The molecule has 1 atom stereocenters. The molecule has 108 valence electrons. The van der Waals surface area contributed by atoms with E-state index in [-0.39, 0.29) is 11.1 Å². The van der Waals surface area contributed by atoms with Gasteiger partial charge in [-0.2, -0.15) is 0 Å². The molecule has 19 heavy (non-hydrogen) atoms. The van der Waals surface area contributed by atoms with Crippen molar-refractivity contribution in [1.82, 2.24) is 5.32 Å². The highest BCUT2D eigenvalue weighted by molar-refractivity contribution is 6.30. The minimum atomic E-state index is -0.417. The minimum Gasteiger partial charge on any atom is -0.491 e. The van der Waals surface area contributed by atoms with E-state index in [0.717, 1.165) is 25.9 Å². The molecule has 0 fully saturated rings. The van der Waals surface area contributed by atoms with Gasteiger partial charge in [0.05, 0.1) is 11.1 Å². The number of hydrogen-bond donors (Lipinski definition) is 1. The molecule has 0 amide bonds. The first-order valence-corrected chi connectivity index (χ1v) is 7.19. The molecule has 2 nitrogen and oxygen atoms in total. The maximum absolute atomic E-state index is 13.0. The van der Waals surface area contributed by atoms with Crippen LogP contribution in [0.15, 0.2) is 18.2 Å². The van der Waals surface area contributed by atoms with Gasteiger partial charge in [-0.15, -0.1) is 0 Å². The quantitative estimate of drug-likeness (QED) is 0.721. The van der Waals surface area contributed by atoms with Crippen LogP contribution < -0.4 is 10.1 Å². The first-order valence-electron chi connectivity index (χ1n) is 6.81. The Kier molecular flexibility index (Phi) is 7.17. The highest BCUT2D eigenvalue weighted by atomic mass is 35.5. The molecule has 0 radical (unpaired) electrons. The van der Waals surface area contributed by atoms with E-state index in [2.05, 4.69) is 19.2 Å². The minimum absolute atomic E-state index is 0.0994. The van der Waals surface area contributed by atoms with Crippen LogP contribution in [0.4, 0.5) is 4.39 Å². The molecule has 0 bridgehead atoms. The van der Waals surface area contributed by atoms with Gasteiger partial charge in [-0.25, -0.2) is 4.39 Å². The van der Waals surface area contributed by atoms with Crippen LogP contribution in [0.1, 0.15) is 33.6 Å². The van der Waals surface area contributed by atoms with Crippen LogP contribution in [0.5, 0.6) is 5.75 Å². The Morgan fingerprint density at radius 2 is 2.05 bits per heavy atom. The molecule has 0 spiro atoms. The van der Waals surface area contributed by atoms with Crippen molar-refractivity contribution in [3.05, 3.63) is 29.0 Å². The van der Waals surface area contributed by atoms with E-state index in [9.17, 15) is 4.39 Å². The Bertz CT molecular complexity index is 384.